The Balaban J connectivity index is 2.32. The molecule has 0 saturated heterocycles. The monoisotopic (exact) mass is 412 g/mol. The highest BCUT2D eigenvalue weighted by Gasteiger charge is 2.13. The molecule has 0 aliphatic rings. The second kappa shape index (κ2) is 7.02. The third-order valence-electron chi connectivity index (χ3n) is 2.85. The zero-order valence-electron chi connectivity index (χ0n) is 11.3. The molecule has 1 amide bonds. The average Bonchev–Trinajstić information content (AvgIpc) is 2.50. The van der Waals surface area contributed by atoms with Crippen LogP contribution in [0.25, 0.3) is 0 Å². The molecule has 4 N–H and O–H groups in total. The lowest BCUT2D eigenvalue weighted by molar-refractivity contribution is 0.102. The molecule has 1 aromatic heterocycles. The number of nitrogens with one attached hydrogen (secondary N) is 2. The second-order valence-electron chi connectivity index (χ2n) is 4.28. The number of pyridine rings is 1. The van der Waals surface area contributed by atoms with Crippen LogP contribution >= 0.6 is 31.9 Å². The minimum absolute atomic E-state index is 0.226. The van der Waals surface area contributed by atoms with Crippen LogP contribution in [0.2, 0.25) is 0 Å². The number of amides is 1. The minimum Gasteiger partial charge on any atom is -0.320 e. The molecule has 0 spiro atoms. The Morgan fingerprint density at radius 3 is 2.52 bits per heavy atom. The minimum atomic E-state index is -0.226. The average molecular weight is 414 g/mol. The summed E-state index contributed by atoms with van der Waals surface area (Å²) in [6.45, 7) is 1.97. The summed E-state index contributed by atoms with van der Waals surface area (Å²) in [6, 6.07) is 8.95. The maximum absolute atomic E-state index is 12.4. The maximum Gasteiger partial charge on any atom is 0.255 e. The number of carbonyl (C=O) groups is 1. The van der Waals surface area contributed by atoms with Gasteiger partial charge in [0.1, 0.15) is 5.82 Å². The van der Waals surface area contributed by atoms with Gasteiger partial charge < -0.3 is 10.7 Å². The van der Waals surface area contributed by atoms with E-state index in [1.54, 1.807) is 12.1 Å². The molecule has 7 heteroatoms. The fourth-order valence-electron chi connectivity index (χ4n) is 1.78. The molecule has 2 aromatic rings. The number of nitrogens with two attached hydrogens (primary N) is 1. The lowest BCUT2D eigenvalue weighted by Crippen LogP contribution is -2.16. The number of rotatable bonds is 4. The Morgan fingerprint density at radius 1 is 1.29 bits per heavy atom. The second-order valence-corrected chi connectivity index (χ2v) is 5.99. The molecule has 1 heterocycles. The molecule has 2 rings (SSSR count). The van der Waals surface area contributed by atoms with Gasteiger partial charge in [-0.2, -0.15) is 0 Å². The largest absolute Gasteiger partial charge is 0.320 e. The number of benzene rings is 1. The number of hydrogen-bond donors (Lipinski definition) is 3. The van der Waals surface area contributed by atoms with Gasteiger partial charge in [-0.3, -0.25) is 4.79 Å². The zero-order valence-corrected chi connectivity index (χ0v) is 14.5. The van der Waals surface area contributed by atoms with Crippen molar-refractivity contribution < 1.29 is 4.79 Å². The van der Waals surface area contributed by atoms with Gasteiger partial charge in [0.05, 0.1) is 5.69 Å². The molecule has 0 bridgehead atoms. The number of nitrogen functional groups attached to an aromatic ring is 1. The molecule has 1 aromatic carbocycles. The van der Waals surface area contributed by atoms with E-state index in [9.17, 15) is 4.79 Å². The summed E-state index contributed by atoms with van der Waals surface area (Å²) in [5.74, 6) is 5.62. The van der Waals surface area contributed by atoms with Crippen LogP contribution < -0.4 is 16.6 Å². The Bertz CT molecular complexity index is 634. The molecule has 110 valence electrons. The van der Waals surface area contributed by atoms with Crippen molar-refractivity contribution >= 4 is 49.3 Å². The number of hydrogen-bond acceptors (Lipinski definition) is 4. The van der Waals surface area contributed by atoms with Crippen molar-refractivity contribution in [3.63, 3.8) is 0 Å². The van der Waals surface area contributed by atoms with E-state index >= 15 is 0 Å². The molecule has 0 unspecified atom stereocenters. The predicted molar refractivity (Wildman–Crippen MR) is 91.2 cm³/mol. The number of nitrogens with zero attached hydrogens (tertiary/aromatic N) is 1. The number of anilines is 2. The fourth-order valence-corrected chi connectivity index (χ4v) is 2.97. The Labute approximate surface area is 139 Å². The summed E-state index contributed by atoms with van der Waals surface area (Å²) < 4.78 is 1.60. The van der Waals surface area contributed by atoms with Gasteiger partial charge in [-0.25, -0.2) is 10.8 Å². The summed E-state index contributed by atoms with van der Waals surface area (Å²) >= 11 is 6.83. The summed E-state index contributed by atoms with van der Waals surface area (Å²) in [7, 11) is 0. The van der Waals surface area contributed by atoms with Gasteiger partial charge in [-0.15, -0.1) is 0 Å². The predicted octanol–water partition coefficient (Wildman–Crippen LogP) is 3.71. The van der Waals surface area contributed by atoms with E-state index in [1.165, 1.54) is 0 Å². The van der Waals surface area contributed by atoms with Crippen LogP contribution in [0.15, 0.2) is 39.3 Å². The van der Waals surface area contributed by atoms with E-state index in [-0.39, 0.29) is 5.91 Å². The molecule has 0 aliphatic carbocycles. The SMILES string of the molecule is CCc1cc(C(=O)Nc2c(Br)cccc2Br)cc(NN)n1. The van der Waals surface area contributed by atoms with Crippen LogP contribution in [0.1, 0.15) is 23.0 Å². The van der Waals surface area contributed by atoms with E-state index in [4.69, 9.17) is 5.84 Å². The molecule has 0 saturated carbocycles. The van der Waals surface area contributed by atoms with Crippen LogP contribution in [-0.4, -0.2) is 10.9 Å². The van der Waals surface area contributed by atoms with Crippen molar-refractivity contribution in [1.82, 2.24) is 4.98 Å². The maximum atomic E-state index is 12.4. The number of carbonyl (C=O) groups excluding carboxylic acids is 1. The number of halogens is 2. The normalized spacial score (nSPS) is 10.3. The van der Waals surface area contributed by atoms with Gasteiger partial charge in [0.25, 0.3) is 5.91 Å². The first-order valence-corrected chi connectivity index (χ1v) is 7.86. The Kier molecular flexibility index (Phi) is 5.33. The Morgan fingerprint density at radius 2 is 1.95 bits per heavy atom. The van der Waals surface area contributed by atoms with Crippen LogP contribution in [0, 0.1) is 0 Å². The van der Waals surface area contributed by atoms with E-state index in [2.05, 4.69) is 47.6 Å². The van der Waals surface area contributed by atoms with Gasteiger partial charge in [0.2, 0.25) is 0 Å². The van der Waals surface area contributed by atoms with E-state index < -0.39 is 0 Å². The van der Waals surface area contributed by atoms with Gasteiger partial charge in [-0.1, -0.05) is 13.0 Å². The summed E-state index contributed by atoms with van der Waals surface area (Å²) in [6.07, 6.45) is 0.717. The topological polar surface area (TPSA) is 80.0 Å². The quantitative estimate of drug-likeness (QED) is 0.527. The summed E-state index contributed by atoms with van der Waals surface area (Å²) in [5.41, 5.74) is 4.45. The summed E-state index contributed by atoms with van der Waals surface area (Å²) in [4.78, 5) is 16.7. The number of hydrazine groups is 1. The first-order chi connectivity index (χ1) is 10.0. The van der Waals surface area contributed by atoms with Gasteiger partial charge in [0.15, 0.2) is 0 Å². The van der Waals surface area contributed by atoms with Gasteiger partial charge in [-0.05, 0) is 62.5 Å². The molecule has 5 nitrogen and oxygen atoms in total. The highest BCUT2D eigenvalue weighted by molar-refractivity contribution is 9.11. The van der Waals surface area contributed by atoms with E-state index in [0.29, 0.717) is 23.5 Å². The number of para-hydroxylation sites is 1. The first-order valence-electron chi connectivity index (χ1n) is 6.28. The Hall–Kier alpha value is -1.44. The number of aromatic nitrogens is 1. The van der Waals surface area contributed by atoms with Crippen molar-refractivity contribution in [3.05, 3.63) is 50.5 Å². The van der Waals surface area contributed by atoms with Crippen LogP contribution in [-0.2, 0) is 6.42 Å². The lowest BCUT2D eigenvalue weighted by atomic mass is 10.1. The molecule has 0 aliphatic heterocycles. The van der Waals surface area contributed by atoms with Crippen molar-refractivity contribution in [2.75, 3.05) is 10.7 Å². The molecule has 0 radical (unpaired) electrons. The van der Waals surface area contributed by atoms with E-state index in [1.807, 2.05) is 25.1 Å². The van der Waals surface area contributed by atoms with Crippen LogP contribution in [0.5, 0.6) is 0 Å². The third-order valence-corrected chi connectivity index (χ3v) is 4.17. The standard InChI is InChI=1S/C14H14Br2N4O/c1-2-9-6-8(7-12(18-9)20-17)14(21)19-13-10(15)4-3-5-11(13)16/h3-7H,2,17H2,1H3,(H,18,20)(H,19,21). The number of aryl methyl sites for hydroxylation is 1. The third kappa shape index (κ3) is 3.81. The first kappa shape index (κ1) is 15.9. The highest BCUT2D eigenvalue weighted by atomic mass is 79.9. The fraction of sp³-hybridized carbons (Fsp3) is 0.143. The smallest absolute Gasteiger partial charge is 0.255 e. The molecule has 0 fully saturated rings. The molecular weight excluding hydrogens is 400 g/mol. The summed E-state index contributed by atoms with van der Waals surface area (Å²) in [5, 5.41) is 2.87. The highest BCUT2D eigenvalue weighted by Crippen LogP contribution is 2.31. The van der Waals surface area contributed by atoms with Gasteiger partial charge in [0, 0.05) is 20.2 Å². The van der Waals surface area contributed by atoms with E-state index in [0.717, 1.165) is 14.6 Å². The van der Waals surface area contributed by atoms with Gasteiger partial charge >= 0.3 is 0 Å². The van der Waals surface area contributed by atoms with Crippen molar-refractivity contribution in [3.8, 4) is 0 Å². The van der Waals surface area contributed by atoms with Crippen molar-refractivity contribution in [2.45, 2.75) is 13.3 Å². The van der Waals surface area contributed by atoms with Crippen molar-refractivity contribution in [2.24, 2.45) is 5.84 Å². The van der Waals surface area contributed by atoms with Crippen molar-refractivity contribution in [1.29, 1.82) is 0 Å². The molecule has 0 atom stereocenters. The molecular formula is C14H14Br2N4O. The molecule has 21 heavy (non-hydrogen) atoms. The zero-order chi connectivity index (χ0) is 15.4. The van der Waals surface area contributed by atoms with Crippen LogP contribution in [0.3, 0.4) is 0 Å². The van der Waals surface area contributed by atoms with Crippen LogP contribution in [0.4, 0.5) is 11.5 Å². The lowest BCUT2D eigenvalue weighted by Gasteiger charge is -2.11.